The van der Waals surface area contributed by atoms with Crippen LogP contribution < -0.4 is 14.7 Å². The van der Waals surface area contributed by atoms with Crippen LogP contribution in [0.1, 0.15) is 94.5 Å². The molecule has 3 nitrogen and oxygen atoms in total. The minimum atomic E-state index is -0.732. The van der Waals surface area contributed by atoms with Gasteiger partial charge < -0.3 is 14.7 Å². The molecular weight excluding hydrogens is 967 g/mol. The van der Waals surface area contributed by atoms with Crippen LogP contribution >= 0.6 is 0 Å². The topological polar surface area (TPSA) is 9.72 Å². The van der Waals surface area contributed by atoms with E-state index in [1.165, 1.54) is 89.0 Å². The molecule has 0 atom stereocenters. The van der Waals surface area contributed by atoms with Crippen molar-refractivity contribution in [1.29, 1.82) is 0 Å². The van der Waals surface area contributed by atoms with Crippen molar-refractivity contribution in [2.24, 2.45) is 0 Å². The number of nitrogens with zero attached hydrogens (tertiary/aromatic N) is 3. The molecule has 1 aliphatic heterocycles. The third-order valence-electron chi connectivity index (χ3n) is 18.1. The largest absolute Gasteiger partial charge is 0.310 e. The molecule has 1 heterocycles. The second-order valence-corrected chi connectivity index (χ2v) is 23.6. The number of hydrogen-bond donors (Lipinski definition) is 0. The lowest BCUT2D eigenvalue weighted by Crippen LogP contribution is -2.38. The lowest BCUT2D eigenvalue weighted by molar-refractivity contribution is 0.660. The van der Waals surface area contributed by atoms with Gasteiger partial charge in [0.05, 0.1) is 16.8 Å². The summed E-state index contributed by atoms with van der Waals surface area (Å²) in [4.78, 5) is 7.40. The fourth-order valence-electron chi connectivity index (χ4n) is 14.0. The van der Waals surface area contributed by atoms with Crippen molar-refractivity contribution in [1.82, 2.24) is 0 Å². The van der Waals surface area contributed by atoms with Crippen molar-refractivity contribution in [3.8, 4) is 22.3 Å². The van der Waals surface area contributed by atoms with E-state index in [9.17, 15) is 0 Å². The first-order valence-corrected chi connectivity index (χ1v) is 28.3. The first-order chi connectivity index (χ1) is 38.8. The summed E-state index contributed by atoms with van der Waals surface area (Å²) in [6, 6.07) is 93.9. The molecule has 0 bridgehead atoms. The second kappa shape index (κ2) is 18.5. The molecule has 80 heavy (non-hydrogen) atoms. The molecule has 0 N–H and O–H groups in total. The van der Waals surface area contributed by atoms with E-state index in [0.29, 0.717) is 0 Å². The van der Waals surface area contributed by atoms with E-state index in [2.05, 4.69) is 319 Å². The minimum Gasteiger partial charge on any atom is -0.310 e. The summed E-state index contributed by atoms with van der Waals surface area (Å²) in [6.45, 7) is 18.3. The van der Waals surface area contributed by atoms with Crippen LogP contribution in [0, 0.1) is 27.7 Å². The van der Waals surface area contributed by atoms with Gasteiger partial charge >= 0.3 is 0 Å². The van der Waals surface area contributed by atoms with Crippen molar-refractivity contribution in [2.45, 2.75) is 71.6 Å². The van der Waals surface area contributed by atoms with Crippen LogP contribution in [0.2, 0.25) is 0 Å². The summed E-state index contributed by atoms with van der Waals surface area (Å²) < 4.78 is 0. The lowest BCUT2D eigenvalue weighted by atomic mass is 9.62. The Morgan fingerprint density at radius 2 is 0.700 bits per heavy atom. The van der Waals surface area contributed by atoms with Gasteiger partial charge in [-0.25, -0.2) is 0 Å². The van der Waals surface area contributed by atoms with Gasteiger partial charge in [0.25, 0.3) is 0 Å². The number of fused-ring (bicyclic) bond motifs is 8. The summed E-state index contributed by atoms with van der Waals surface area (Å²) in [5.41, 5.74) is 29.7. The molecule has 0 aromatic heterocycles. The highest BCUT2D eigenvalue weighted by molar-refractivity contribution is 5.92. The van der Waals surface area contributed by atoms with Gasteiger partial charge in [-0.15, -0.1) is 0 Å². The maximum atomic E-state index is 2.48. The van der Waals surface area contributed by atoms with E-state index in [1.54, 1.807) is 0 Å². The number of aryl methyl sites for hydroxylation is 4. The highest BCUT2D eigenvalue weighted by atomic mass is 15.2. The van der Waals surface area contributed by atoms with Crippen molar-refractivity contribution in [2.75, 3.05) is 14.7 Å². The molecule has 11 aromatic carbocycles. The van der Waals surface area contributed by atoms with Crippen LogP contribution in [0.3, 0.4) is 0 Å². The molecular formula is C77H65N3. The molecule has 2 aliphatic carbocycles. The number of para-hydroxylation sites is 3. The third kappa shape index (κ3) is 7.40. The van der Waals surface area contributed by atoms with Crippen molar-refractivity contribution >= 4 is 51.2 Å². The predicted octanol–water partition coefficient (Wildman–Crippen LogP) is 20.6. The predicted molar refractivity (Wildman–Crippen MR) is 336 cm³/mol. The van der Waals surface area contributed by atoms with E-state index in [0.717, 1.165) is 51.2 Å². The Morgan fingerprint density at radius 3 is 1.20 bits per heavy atom. The first kappa shape index (κ1) is 49.1. The van der Waals surface area contributed by atoms with Gasteiger partial charge in [-0.2, -0.15) is 0 Å². The van der Waals surface area contributed by atoms with Gasteiger partial charge in [0, 0.05) is 50.6 Å². The Bertz CT molecular complexity index is 4040. The van der Waals surface area contributed by atoms with Gasteiger partial charge in [0.1, 0.15) is 0 Å². The molecule has 0 unspecified atom stereocenters. The number of benzene rings is 11. The standard InChI is InChI=1S/C77H65N3/c1-50-29-36-58(37-30-50)80-73-28-18-15-25-67(73)77(70-47-51(2)31-46-74(70)80,54-32-38-56(39-33-54)78(71-26-16-9-19-52(71)3)59-42-44-63-61-21-11-13-23-65(61)75(5,6)68(63)48-59)55-34-40-57(41-35-55)79(72-27-17-10-20-53(72)4)60-43-45-64-62-22-12-14-24-66(62)76(7,8)69(64)49-60/h9-49H,1-8H3. The Balaban J connectivity index is 0.969. The summed E-state index contributed by atoms with van der Waals surface area (Å²) in [5.74, 6) is 0. The van der Waals surface area contributed by atoms with Crippen LogP contribution in [-0.2, 0) is 16.2 Å². The molecule has 0 radical (unpaired) electrons. The summed E-state index contributed by atoms with van der Waals surface area (Å²) in [7, 11) is 0. The fourth-order valence-corrected chi connectivity index (χ4v) is 14.0. The molecule has 388 valence electrons. The zero-order valence-corrected chi connectivity index (χ0v) is 47.0. The average Bonchev–Trinajstić information content (AvgIpc) is 2.38. The Hall–Kier alpha value is -9.18. The zero-order valence-electron chi connectivity index (χ0n) is 47.0. The van der Waals surface area contributed by atoms with Crippen LogP contribution in [0.4, 0.5) is 51.2 Å². The molecule has 11 aromatic rings. The van der Waals surface area contributed by atoms with Crippen LogP contribution in [0.5, 0.6) is 0 Å². The first-order valence-electron chi connectivity index (χ1n) is 28.3. The Morgan fingerprint density at radius 1 is 0.300 bits per heavy atom. The fraction of sp³-hybridized carbons (Fsp3) is 0.143. The van der Waals surface area contributed by atoms with Gasteiger partial charge in [-0.3, -0.25) is 0 Å². The molecule has 0 spiro atoms. The SMILES string of the molecule is Cc1ccc(N2c3ccccc3C(c3ccc(N(c4ccc5c(c4)C(C)(C)c4ccccc4-5)c4ccccc4C)cc3)(c3ccc(N(c4ccc5c(c4)C(C)(C)c4ccccc4-5)c4ccccc4C)cc3)c3cc(C)ccc32)cc1. The monoisotopic (exact) mass is 1030 g/mol. The minimum absolute atomic E-state index is 0.140. The summed E-state index contributed by atoms with van der Waals surface area (Å²) in [6.07, 6.45) is 0. The molecule has 0 saturated carbocycles. The molecule has 0 saturated heterocycles. The highest BCUT2D eigenvalue weighted by Gasteiger charge is 2.47. The Labute approximate surface area is 472 Å². The Kier molecular flexibility index (Phi) is 11.3. The summed E-state index contributed by atoms with van der Waals surface area (Å²) in [5, 5.41) is 0. The number of anilines is 9. The molecule has 0 fully saturated rings. The smallest absolute Gasteiger partial charge is 0.0742 e. The van der Waals surface area contributed by atoms with Crippen LogP contribution in [-0.4, -0.2) is 0 Å². The number of rotatable bonds is 9. The van der Waals surface area contributed by atoms with Gasteiger partial charge in [-0.1, -0.05) is 203 Å². The van der Waals surface area contributed by atoms with Gasteiger partial charge in [0.2, 0.25) is 0 Å². The van der Waals surface area contributed by atoms with E-state index in [-0.39, 0.29) is 10.8 Å². The van der Waals surface area contributed by atoms with Crippen molar-refractivity contribution < 1.29 is 0 Å². The molecule has 3 heteroatoms. The molecule has 3 aliphatic rings. The van der Waals surface area contributed by atoms with E-state index >= 15 is 0 Å². The summed E-state index contributed by atoms with van der Waals surface area (Å²) >= 11 is 0. The quantitative estimate of drug-likeness (QED) is 0.143. The maximum Gasteiger partial charge on any atom is 0.0742 e. The van der Waals surface area contributed by atoms with E-state index < -0.39 is 5.41 Å². The average molecular weight is 1030 g/mol. The molecule has 0 amide bonds. The van der Waals surface area contributed by atoms with Gasteiger partial charge in [0.15, 0.2) is 0 Å². The van der Waals surface area contributed by atoms with Crippen LogP contribution in [0.25, 0.3) is 22.3 Å². The normalized spacial score (nSPS) is 14.5. The number of hydrogen-bond acceptors (Lipinski definition) is 3. The lowest BCUT2D eigenvalue weighted by Gasteiger charge is -2.47. The van der Waals surface area contributed by atoms with E-state index in [1.807, 2.05) is 0 Å². The van der Waals surface area contributed by atoms with Crippen LogP contribution in [0.15, 0.2) is 249 Å². The second-order valence-electron chi connectivity index (χ2n) is 23.6. The van der Waals surface area contributed by atoms with Gasteiger partial charge in [-0.05, 0) is 191 Å². The molecule has 14 rings (SSSR count). The van der Waals surface area contributed by atoms with E-state index in [4.69, 9.17) is 0 Å². The zero-order chi connectivity index (χ0) is 54.7. The van der Waals surface area contributed by atoms with Crippen molar-refractivity contribution in [3.05, 3.63) is 315 Å². The highest BCUT2D eigenvalue weighted by Crippen LogP contribution is 2.59. The third-order valence-corrected chi connectivity index (χ3v) is 18.1. The maximum absolute atomic E-state index is 2.48. The van der Waals surface area contributed by atoms with Crippen molar-refractivity contribution in [3.63, 3.8) is 0 Å².